The third kappa shape index (κ3) is 5.74. The summed E-state index contributed by atoms with van der Waals surface area (Å²) in [5.74, 6) is -1.09. The minimum Gasteiger partial charge on any atom is -0.376 e. The van der Waals surface area contributed by atoms with Crippen LogP contribution in [-0.4, -0.2) is 54.7 Å². The Kier molecular flexibility index (Phi) is 8.03. The fraction of sp³-hybridized carbons (Fsp3) is 0.455. The number of carbonyl (C=O) groups excluding carboxylic acids is 1. The summed E-state index contributed by atoms with van der Waals surface area (Å²) in [6.45, 7) is 7.32. The van der Waals surface area contributed by atoms with E-state index in [1.807, 2.05) is 6.92 Å². The third-order valence-corrected chi connectivity index (χ3v) is 6.78. The van der Waals surface area contributed by atoms with Crippen LogP contribution in [0.1, 0.15) is 31.0 Å². The number of urea groups is 1. The maximum Gasteiger partial charge on any atom is 0.318 e. The monoisotopic (exact) mass is 464 g/mol. The Morgan fingerprint density at radius 3 is 2.88 bits per heavy atom. The van der Waals surface area contributed by atoms with Crippen LogP contribution in [0.4, 0.5) is 9.18 Å². The van der Waals surface area contributed by atoms with E-state index in [2.05, 4.69) is 16.9 Å². The third-order valence-electron chi connectivity index (χ3n) is 5.21. The molecule has 2 amide bonds. The lowest BCUT2D eigenvalue weighted by Crippen LogP contribution is -2.40. The number of imidazole rings is 1. The molecule has 8 nitrogen and oxygen atoms in total. The molecule has 1 atom stereocenters. The van der Waals surface area contributed by atoms with E-state index in [4.69, 9.17) is 4.74 Å². The van der Waals surface area contributed by atoms with Crippen LogP contribution in [0.2, 0.25) is 0 Å². The van der Waals surface area contributed by atoms with Crippen molar-refractivity contribution in [2.24, 2.45) is 0 Å². The van der Waals surface area contributed by atoms with Gasteiger partial charge in [-0.2, -0.15) is 0 Å². The predicted molar refractivity (Wildman–Crippen MR) is 118 cm³/mol. The van der Waals surface area contributed by atoms with Crippen molar-refractivity contribution in [1.82, 2.24) is 19.8 Å². The van der Waals surface area contributed by atoms with Crippen LogP contribution >= 0.6 is 0 Å². The van der Waals surface area contributed by atoms with Crippen LogP contribution in [0.25, 0.3) is 0 Å². The molecule has 2 heterocycles. The van der Waals surface area contributed by atoms with Crippen LogP contribution < -0.4 is 5.32 Å². The van der Waals surface area contributed by atoms with Gasteiger partial charge < -0.3 is 19.5 Å². The molecule has 0 bridgehead atoms. The maximum atomic E-state index is 14.1. The van der Waals surface area contributed by atoms with Crippen molar-refractivity contribution < 1.29 is 22.3 Å². The molecule has 1 N–H and O–H groups in total. The number of hydrogen-bond donors (Lipinski definition) is 1. The first-order chi connectivity index (χ1) is 15.4. The summed E-state index contributed by atoms with van der Waals surface area (Å²) in [6, 6.07) is 5.50. The lowest BCUT2D eigenvalue weighted by Gasteiger charge is -2.23. The molecular formula is C22H29FN4O4S. The lowest BCUT2D eigenvalue weighted by molar-refractivity contribution is 0.0935. The lowest BCUT2D eigenvalue weighted by atomic mass is 10.2. The number of hydrogen-bond acceptors (Lipinski definition) is 5. The fourth-order valence-corrected chi connectivity index (χ4v) is 5.19. The van der Waals surface area contributed by atoms with Gasteiger partial charge in [-0.25, -0.2) is 22.6 Å². The first kappa shape index (κ1) is 23.9. The van der Waals surface area contributed by atoms with Gasteiger partial charge in [-0.15, -0.1) is 6.58 Å². The van der Waals surface area contributed by atoms with Crippen molar-refractivity contribution in [3.05, 3.63) is 60.2 Å². The maximum absolute atomic E-state index is 14.1. The fourth-order valence-electron chi connectivity index (χ4n) is 3.67. The molecule has 2 aromatic rings. The average Bonchev–Trinajstić information content (AvgIpc) is 3.40. The van der Waals surface area contributed by atoms with Gasteiger partial charge >= 0.3 is 6.03 Å². The number of amides is 2. The smallest absolute Gasteiger partial charge is 0.318 e. The molecule has 0 aliphatic carbocycles. The molecule has 0 saturated carbocycles. The standard InChI is InChI=1S/C22H29FN4O4S/c1-3-11-26(21(28)24-4-2)14-18-13-25-22(27(18)15-19-9-7-12-31-19)32(29,30)16-17-8-5-6-10-20(17)23/h3,5-6,8,10,13,19H,1,4,7,9,11-12,14-16H2,2H3,(H,24,28)/t19-/m0/s1. The normalized spacial score (nSPS) is 16.1. The van der Waals surface area contributed by atoms with Gasteiger partial charge in [-0.05, 0) is 25.8 Å². The van der Waals surface area contributed by atoms with Crippen molar-refractivity contribution in [1.29, 1.82) is 0 Å². The van der Waals surface area contributed by atoms with Crippen LogP contribution in [0.15, 0.2) is 48.3 Å². The molecule has 1 aromatic carbocycles. The van der Waals surface area contributed by atoms with Gasteiger partial charge in [0.05, 0.1) is 36.8 Å². The van der Waals surface area contributed by atoms with Gasteiger partial charge in [0.2, 0.25) is 15.0 Å². The SMILES string of the molecule is C=CCN(Cc1cnc(S(=O)(=O)Cc2ccccc2F)n1C[C@@H]1CCCO1)C(=O)NCC. The van der Waals surface area contributed by atoms with Gasteiger partial charge in [0.1, 0.15) is 5.82 Å². The van der Waals surface area contributed by atoms with Crippen LogP contribution in [0, 0.1) is 5.82 Å². The van der Waals surface area contributed by atoms with Gasteiger partial charge in [-0.1, -0.05) is 24.3 Å². The molecule has 1 saturated heterocycles. The highest BCUT2D eigenvalue weighted by atomic mass is 32.2. The van der Waals surface area contributed by atoms with E-state index in [0.29, 0.717) is 25.4 Å². The van der Waals surface area contributed by atoms with Crippen molar-refractivity contribution in [3.63, 3.8) is 0 Å². The zero-order chi connectivity index (χ0) is 23.1. The second-order valence-electron chi connectivity index (χ2n) is 7.63. The van der Waals surface area contributed by atoms with E-state index in [1.165, 1.54) is 29.3 Å². The molecule has 0 radical (unpaired) electrons. The molecule has 3 rings (SSSR count). The minimum absolute atomic E-state index is 0.0799. The zero-order valence-electron chi connectivity index (χ0n) is 18.2. The molecule has 32 heavy (non-hydrogen) atoms. The summed E-state index contributed by atoms with van der Waals surface area (Å²) in [6.07, 6.45) is 4.61. The molecule has 1 aliphatic rings. The van der Waals surface area contributed by atoms with Crippen molar-refractivity contribution in [2.45, 2.75) is 49.9 Å². The minimum atomic E-state index is -3.95. The number of nitrogens with zero attached hydrogens (tertiary/aromatic N) is 3. The Labute approximate surface area is 188 Å². The second kappa shape index (κ2) is 10.7. The molecule has 174 valence electrons. The Bertz CT molecular complexity index is 1050. The largest absolute Gasteiger partial charge is 0.376 e. The Morgan fingerprint density at radius 1 is 1.44 bits per heavy atom. The van der Waals surface area contributed by atoms with Crippen molar-refractivity contribution in [2.75, 3.05) is 19.7 Å². The summed E-state index contributed by atoms with van der Waals surface area (Å²) < 4.78 is 47.8. The Balaban J connectivity index is 1.95. The summed E-state index contributed by atoms with van der Waals surface area (Å²) >= 11 is 0. The first-order valence-electron chi connectivity index (χ1n) is 10.6. The average molecular weight is 465 g/mol. The van der Waals surface area contributed by atoms with Gasteiger partial charge in [0.15, 0.2) is 0 Å². The molecular weight excluding hydrogens is 435 g/mol. The summed E-state index contributed by atoms with van der Waals surface area (Å²) in [5, 5.41) is 2.59. The quantitative estimate of drug-likeness (QED) is 0.546. The Hall–Kier alpha value is -2.72. The first-order valence-corrected chi connectivity index (χ1v) is 12.3. The zero-order valence-corrected chi connectivity index (χ0v) is 19.0. The molecule has 1 fully saturated rings. The highest BCUT2D eigenvalue weighted by Crippen LogP contribution is 2.23. The van der Waals surface area contributed by atoms with E-state index in [-0.39, 0.29) is 35.9 Å². The molecule has 10 heteroatoms. The summed E-state index contributed by atoms with van der Waals surface area (Å²) in [5.41, 5.74) is 0.636. The van der Waals surface area contributed by atoms with Gasteiger partial charge in [0, 0.05) is 25.3 Å². The molecule has 1 aromatic heterocycles. The highest BCUT2D eigenvalue weighted by Gasteiger charge is 2.28. The number of sulfone groups is 1. The predicted octanol–water partition coefficient (Wildman–Crippen LogP) is 2.89. The van der Waals surface area contributed by atoms with Crippen LogP contribution in [0.5, 0.6) is 0 Å². The highest BCUT2D eigenvalue weighted by molar-refractivity contribution is 7.90. The number of aromatic nitrogens is 2. The van der Waals surface area contributed by atoms with Crippen molar-refractivity contribution in [3.8, 4) is 0 Å². The van der Waals surface area contributed by atoms with E-state index >= 15 is 0 Å². The number of halogens is 1. The van der Waals surface area contributed by atoms with E-state index in [1.54, 1.807) is 16.7 Å². The van der Waals surface area contributed by atoms with Gasteiger partial charge in [-0.3, -0.25) is 0 Å². The number of ether oxygens (including phenoxy) is 1. The second-order valence-corrected chi connectivity index (χ2v) is 9.52. The van der Waals surface area contributed by atoms with E-state index in [9.17, 15) is 17.6 Å². The number of carbonyl (C=O) groups is 1. The Morgan fingerprint density at radius 2 is 2.22 bits per heavy atom. The summed E-state index contributed by atoms with van der Waals surface area (Å²) in [7, 11) is -3.95. The topological polar surface area (TPSA) is 93.5 Å². The van der Waals surface area contributed by atoms with E-state index < -0.39 is 21.4 Å². The van der Waals surface area contributed by atoms with Crippen molar-refractivity contribution >= 4 is 15.9 Å². The number of nitrogens with one attached hydrogen (secondary N) is 1. The van der Waals surface area contributed by atoms with E-state index in [0.717, 1.165) is 12.8 Å². The molecule has 1 aliphatic heterocycles. The summed E-state index contributed by atoms with van der Waals surface area (Å²) in [4.78, 5) is 18.1. The van der Waals surface area contributed by atoms with Crippen LogP contribution in [-0.2, 0) is 33.4 Å². The number of rotatable bonds is 10. The van der Waals surface area contributed by atoms with Gasteiger partial charge in [0.25, 0.3) is 0 Å². The number of benzene rings is 1. The van der Waals surface area contributed by atoms with Crippen LogP contribution in [0.3, 0.4) is 0 Å². The molecule has 0 spiro atoms. The molecule has 0 unspecified atom stereocenters.